The van der Waals surface area contributed by atoms with Gasteiger partial charge in [0.25, 0.3) is 0 Å². The van der Waals surface area contributed by atoms with Crippen LogP contribution in [0.2, 0.25) is 0 Å². The summed E-state index contributed by atoms with van der Waals surface area (Å²) in [5.41, 5.74) is 2.30. The number of nitrogens with zero attached hydrogens (tertiary/aromatic N) is 3. The predicted octanol–water partition coefficient (Wildman–Crippen LogP) is 2.66. The molecule has 3 aromatic rings. The van der Waals surface area contributed by atoms with Crippen molar-refractivity contribution < 1.29 is 9.53 Å². The van der Waals surface area contributed by atoms with Crippen molar-refractivity contribution in [1.82, 2.24) is 14.8 Å². The molecule has 0 saturated carbocycles. The first-order chi connectivity index (χ1) is 10.3. The molecule has 21 heavy (non-hydrogen) atoms. The average Bonchev–Trinajstić information content (AvgIpc) is 2.96. The van der Waals surface area contributed by atoms with Crippen LogP contribution in [0.4, 0.5) is 0 Å². The molecule has 2 heterocycles. The van der Waals surface area contributed by atoms with Crippen LogP contribution in [-0.2, 0) is 11.3 Å². The standard InChI is InChI=1S/C16H15N3O2/c1-2-21-16(20)13-9-17-19(10-13)11-14-8-7-12-5-3-4-6-15(12)18-14/h3-10H,2,11H2,1H3. The Balaban J connectivity index is 1.80. The highest BCUT2D eigenvalue weighted by Gasteiger charge is 2.09. The van der Waals surface area contributed by atoms with Gasteiger partial charge in [0, 0.05) is 11.6 Å². The van der Waals surface area contributed by atoms with E-state index in [0.717, 1.165) is 16.6 Å². The summed E-state index contributed by atoms with van der Waals surface area (Å²) in [5.74, 6) is -0.352. The number of hydrogen-bond acceptors (Lipinski definition) is 4. The van der Waals surface area contributed by atoms with Crippen LogP contribution in [0.25, 0.3) is 10.9 Å². The van der Waals surface area contributed by atoms with E-state index in [1.165, 1.54) is 6.20 Å². The van der Waals surface area contributed by atoms with Gasteiger partial charge in [-0.15, -0.1) is 0 Å². The summed E-state index contributed by atoms with van der Waals surface area (Å²) < 4.78 is 6.63. The van der Waals surface area contributed by atoms with Crippen molar-refractivity contribution in [3.05, 3.63) is 60.0 Å². The molecule has 2 aromatic heterocycles. The van der Waals surface area contributed by atoms with Gasteiger partial charge in [0.2, 0.25) is 0 Å². The fraction of sp³-hybridized carbons (Fsp3) is 0.188. The first-order valence-corrected chi connectivity index (χ1v) is 6.80. The van der Waals surface area contributed by atoms with E-state index < -0.39 is 0 Å². The molecule has 0 aliphatic heterocycles. The molecular formula is C16H15N3O2. The van der Waals surface area contributed by atoms with E-state index in [0.29, 0.717) is 18.7 Å². The number of ether oxygens (including phenoxy) is 1. The second kappa shape index (κ2) is 5.75. The van der Waals surface area contributed by atoms with Crippen molar-refractivity contribution in [3.63, 3.8) is 0 Å². The van der Waals surface area contributed by atoms with Gasteiger partial charge in [-0.05, 0) is 19.1 Å². The molecule has 3 rings (SSSR count). The number of rotatable bonds is 4. The summed E-state index contributed by atoms with van der Waals surface area (Å²) in [6.45, 7) is 2.65. The predicted molar refractivity (Wildman–Crippen MR) is 79.0 cm³/mol. The zero-order chi connectivity index (χ0) is 14.7. The fourth-order valence-corrected chi connectivity index (χ4v) is 2.13. The maximum Gasteiger partial charge on any atom is 0.341 e. The minimum atomic E-state index is -0.352. The number of carbonyl (C=O) groups is 1. The third-order valence-corrected chi connectivity index (χ3v) is 3.12. The lowest BCUT2D eigenvalue weighted by atomic mass is 10.2. The van der Waals surface area contributed by atoms with Gasteiger partial charge >= 0.3 is 5.97 Å². The highest BCUT2D eigenvalue weighted by Crippen LogP contribution is 2.12. The molecule has 0 aliphatic rings. The van der Waals surface area contributed by atoms with Crippen LogP contribution in [-0.4, -0.2) is 27.3 Å². The number of benzene rings is 1. The molecule has 0 N–H and O–H groups in total. The smallest absolute Gasteiger partial charge is 0.341 e. The summed E-state index contributed by atoms with van der Waals surface area (Å²) >= 11 is 0. The van der Waals surface area contributed by atoms with Crippen molar-refractivity contribution in [2.75, 3.05) is 6.61 Å². The number of carbonyl (C=O) groups excluding carboxylic acids is 1. The Morgan fingerprint density at radius 1 is 1.24 bits per heavy atom. The molecule has 0 amide bonds. The van der Waals surface area contributed by atoms with E-state index in [1.54, 1.807) is 17.8 Å². The van der Waals surface area contributed by atoms with Gasteiger partial charge in [-0.2, -0.15) is 5.10 Å². The van der Waals surface area contributed by atoms with Gasteiger partial charge in [0.1, 0.15) is 0 Å². The first-order valence-electron chi connectivity index (χ1n) is 6.80. The van der Waals surface area contributed by atoms with Gasteiger partial charge in [-0.1, -0.05) is 24.3 Å². The minimum absolute atomic E-state index is 0.352. The zero-order valence-corrected chi connectivity index (χ0v) is 11.7. The molecular weight excluding hydrogens is 266 g/mol. The molecule has 0 radical (unpaired) electrons. The summed E-state index contributed by atoms with van der Waals surface area (Å²) in [5, 5.41) is 5.28. The number of esters is 1. The van der Waals surface area contributed by atoms with Crippen LogP contribution in [0.15, 0.2) is 48.8 Å². The van der Waals surface area contributed by atoms with Crippen molar-refractivity contribution in [3.8, 4) is 0 Å². The lowest BCUT2D eigenvalue weighted by molar-refractivity contribution is 0.0526. The maximum absolute atomic E-state index is 11.6. The fourth-order valence-electron chi connectivity index (χ4n) is 2.13. The Labute approximate surface area is 122 Å². The van der Waals surface area contributed by atoms with Crippen molar-refractivity contribution in [2.24, 2.45) is 0 Å². The Morgan fingerprint density at radius 2 is 2.10 bits per heavy atom. The monoisotopic (exact) mass is 281 g/mol. The molecule has 0 fully saturated rings. The lowest BCUT2D eigenvalue weighted by Crippen LogP contribution is -2.04. The molecule has 0 atom stereocenters. The third kappa shape index (κ3) is 2.91. The summed E-state index contributed by atoms with van der Waals surface area (Å²) in [4.78, 5) is 16.2. The molecule has 0 aliphatic carbocycles. The molecule has 1 aromatic carbocycles. The van der Waals surface area contributed by atoms with Crippen LogP contribution in [0, 0.1) is 0 Å². The number of para-hydroxylation sites is 1. The topological polar surface area (TPSA) is 57.0 Å². The van der Waals surface area contributed by atoms with Crippen LogP contribution in [0.5, 0.6) is 0 Å². The lowest BCUT2D eigenvalue weighted by Gasteiger charge is -2.03. The Hall–Kier alpha value is -2.69. The normalized spacial score (nSPS) is 10.7. The quantitative estimate of drug-likeness (QED) is 0.690. The van der Waals surface area contributed by atoms with E-state index in [1.807, 2.05) is 36.4 Å². The largest absolute Gasteiger partial charge is 0.462 e. The SMILES string of the molecule is CCOC(=O)c1cnn(Cc2ccc3ccccc3n2)c1. The molecule has 0 bridgehead atoms. The van der Waals surface area contributed by atoms with Gasteiger partial charge in [-0.25, -0.2) is 4.79 Å². The van der Waals surface area contributed by atoms with Crippen LogP contribution < -0.4 is 0 Å². The number of pyridine rings is 1. The third-order valence-electron chi connectivity index (χ3n) is 3.12. The second-order valence-electron chi connectivity index (χ2n) is 4.64. The zero-order valence-electron chi connectivity index (χ0n) is 11.7. The summed E-state index contributed by atoms with van der Waals surface area (Å²) in [6.07, 6.45) is 3.19. The first kappa shape index (κ1) is 13.3. The molecule has 5 nitrogen and oxygen atoms in total. The molecule has 106 valence electrons. The van der Waals surface area contributed by atoms with Gasteiger partial charge < -0.3 is 4.74 Å². The molecule has 0 spiro atoms. The molecule has 5 heteroatoms. The van der Waals surface area contributed by atoms with Crippen LogP contribution in [0.3, 0.4) is 0 Å². The van der Waals surface area contributed by atoms with Crippen molar-refractivity contribution in [1.29, 1.82) is 0 Å². The Morgan fingerprint density at radius 3 is 2.95 bits per heavy atom. The van der Waals surface area contributed by atoms with Crippen molar-refractivity contribution >= 4 is 16.9 Å². The Kier molecular flexibility index (Phi) is 3.64. The number of hydrogen-bond donors (Lipinski definition) is 0. The van der Waals surface area contributed by atoms with E-state index in [9.17, 15) is 4.79 Å². The van der Waals surface area contributed by atoms with Gasteiger partial charge in [-0.3, -0.25) is 9.67 Å². The van der Waals surface area contributed by atoms with Gasteiger partial charge in [0.15, 0.2) is 0 Å². The van der Waals surface area contributed by atoms with E-state index in [-0.39, 0.29) is 5.97 Å². The highest BCUT2D eigenvalue weighted by molar-refractivity contribution is 5.88. The molecule has 0 saturated heterocycles. The number of fused-ring (bicyclic) bond motifs is 1. The second-order valence-corrected chi connectivity index (χ2v) is 4.64. The van der Waals surface area contributed by atoms with E-state index >= 15 is 0 Å². The Bertz CT molecular complexity index is 780. The van der Waals surface area contributed by atoms with E-state index in [4.69, 9.17) is 4.74 Å². The summed E-state index contributed by atoms with van der Waals surface area (Å²) in [6, 6.07) is 12.0. The minimum Gasteiger partial charge on any atom is -0.462 e. The average molecular weight is 281 g/mol. The maximum atomic E-state index is 11.6. The summed E-state index contributed by atoms with van der Waals surface area (Å²) in [7, 11) is 0. The van der Waals surface area contributed by atoms with Gasteiger partial charge in [0.05, 0.1) is 36.1 Å². The van der Waals surface area contributed by atoms with Crippen LogP contribution >= 0.6 is 0 Å². The van der Waals surface area contributed by atoms with E-state index in [2.05, 4.69) is 10.1 Å². The highest BCUT2D eigenvalue weighted by atomic mass is 16.5. The number of aromatic nitrogens is 3. The molecule has 0 unspecified atom stereocenters. The van der Waals surface area contributed by atoms with Crippen LogP contribution in [0.1, 0.15) is 23.0 Å². The van der Waals surface area contributed by atoms with Crippen molar-refractivity contribution in [2.45, 2.75) is 13.5 Å².